The molecule has 60 heavy (non-hydrogen) atoms. The van der Waals surface area contributed by atoms with Crippen LogP contribution >= 0.6 is 0 Å². The van der Waals surface area contributed by atoms with Crippen LogP contribution < -0.4 is 0 Å². The molecule has 0 aromatic rings. The van der Waals surface area contributed by atoms with Gasteiger partial charge in [-0.1, -0.05) is 201 Å². The molecule has 1 unspecified atom stereocenters. The molecule has 0 aliphatic rings. The van der Waals surface area contributed by atoms with Crippen LogP contribution in [0.1, 0.15) is 207 Å². The second-order valence-electron chi connectivity index (χ2n) is 15.6. The summed E-state index contributed by atoms with van der Waals surface area (Å²) in [4.78, 5) is 37.6. The van der Waals surface area contributed by atoms with Gasteiger partial charge in [0, 0.05) is 19.3 Å². The van der Waals surface area contributed by atoms with Crippen LogP contribution in [0.5, 0.6) is 0 Å². The number of esters is 3. The molecule has 0 saturated heterocycles. The Morgan fingerprint density at radius 1 is 0.350 bits per heavy atom. The number of hydrogen-bond donors (Lipinski definition) is 0. The molecule has 0 fully saturated rings. The third-order valence-electron chi connectivity index (χ3n) is 9.85. The van der Waals surface area contributed by atoms with Gasteiger partial charge in [-0.15, -0.1) is 0 Å². The number of hydrogen-bond acceptors (Lipinski definition) is 6. The van der Waals surface area contributed by atoms with Gasteiger partial charge in [-0.2, -0.15) is 0 Å². The molecule has 0 rings (SSSR count). The Morgan fingerprint density at radius 2 is 0.683 bits per heavy atom. The van der Waals surface area contributed by atoms with Gasteiger partial charge in [0.15, 0.2) is 6.10 Å². The quantitative estimate of drug-likeness (QED) is 0.0264. The van der Waals surface area contributed by atoms with Gasteiger partial charge in [0.05, 0.1) is 0 Å². The van der Waals surface area contributed by atoms with Crippen molar-refractivity contribution in [1.29, 1.82) is 0 Å². The molecule has 0 aliphatic heterocycles. The lowest BCUT2D eigenvalue weighted by Gasteiger charge is -2.18. The molecule has 0 amide bonds. The number of allylic oxidation sites excluding steroid dienone is 16. The van der Waals surface area contributed by atoms with Crippen molar-refractivity contribution in [3.63, 3.8) is 0 Å². The van der Waals surface area contributed by atoms with E-state index in [9.17, 15) is 14.4 Å². The van der Waals surface area contributed by atoms with Crippen LogP contribution in [-0.4, -0.2) is 37.2 Å². The standard InChI is InChI=1S/C54H88O6/c1-4-7-10-13-16-18-20-22-23-24-25-26-27-28-29-30-31-33-34-36-38-41-44-47-53(56)59-50-51(49-58-52(55)46-43-40-15-12-9-6-3)60-54(57)48-45-42-39-37-35-32-21-19-17-14-11-8-5-2/h7-8,10-11,16-19,22-23,25-26,32,35,39,42,51H,4-6,9,12-15,20-21,24,27-31,33-34,36-38,40-41,43-50H2,1-3H3/b10-7-,11-8-,18-16-,19-17-,23-22-,26-25-,35-32-,42-39-. The lowest BCUT2D eigenvalue weighted by molar-refractivity contribution is -0.166. The first-order valence-electron chi connectivity index (χ1n) is 24.2. The highest BCUT2D eigenvalue weighted by Gasteiger charge is 2.19. The van der Waals surface area contributed by atoms with E-state index in [1.54, 1.807) is 0 Å². The maximum atomic E-state index is 12.7. The third kappa shape index (κ3) is 45.4. The maximum Gasteiger partial charge on any atom is 0.306 e. The van der Waals surface area contributed by atoms with Gasteiger partial charge in [-0.05, 0) is 83.5 Å². The fourth-order valence-corrected chi connectivity index (χ4v) is 6.27. The van der Waals surface area contributed by atoms with E-state index in [0.29, 0.717) is 19.3 Å². The molecule has 0 saturated carbocycles. The molecule has 6 heteroatoms. The van der Waals surface area contributed by atoms with Gasteiger partial charge in [0.1, 0.15) is 13.2 Å². The molecule has 340 valence electrons. The van der Waals surface area contributed by atoms with Crippen molar-refractivity contribution in [1.82, 2.24) is 0 Å². The van der Waals surface area contributed by atoms with Crippen LogP contribution in [0.3, 0.4) is 0 Å². The first-order chi connectivity index (χ1) is 29.5. The Kier molecular flexibility index (Phi) is 45.1. The Morgan fingerprint density at radius 3 is 1.08 bits per heavy atom. The summed E-state index contributed by atoms with van der Waals surface area (Å²) >= 11 is 0. The van der Waals surface area contributed by atoms with Crippen molar-refractivity contribution < 1.29 is 28.6 Å². The zero-order chi connectivity index (χ0) is 43.7. The van der Waals surface area contributed by atoms with Crippen LogP contribution in [0.25, 0.3) is 0 Å². The molecule has 0 heterocycles. The predicted octanol–water partition coefficient (Wildman–Crippen LogP) is 15.8. The van der Waals surface area contributed by atoms with E-state index in [2.05, 4.69) is 106 Å². The molecule has 0 N–H and O–H groups in total. The highest BCUT2D eigenvalue weighted by molar-refractivity contribution is 5.71. The Balaban J connectivity index is 4.25. The molecular formula is C54H88O6. The molecule has 6 nitrogen and oxygen atoms in total. The van der Waals surface area contributed by atoms with E-state index < -0.39 is 12.1 Å². The zero-order valence-corrected chi connectivity index (χ0v) is 38.7. The number of ether oxygens (including phenoxy) is 3. The Hall–Kier alpha value is -3.67. The van der Waals surface area contributed by atoms with Crippen LogP contribution in [0, 0.1) is 0 Å². The van der Waals surface area contributed by atoms with Gasteiger partial charge in [0.2, 0.25) is 0 Å². The van der Waals surface area contributed by atoms with E-state index in [-0.39, 0.29) is 31.6 Å². The lowest BCUT2D eigenvalue weighted by Crippen LogP contribution is -2.30. The average Bonchev–Trinajstić information content (AvgIpc) is 3.24. The summed E-state index contributed by atoms with van der Waals surface area (Å²) in [5, 5.41) is 0. The number of rotatable bonds is 42. The van der Waals surface area contributed by atoms with Crippen molar-refractivity contribution in [2.24, 2.45) is 0 Å². The molecule has 0 spiro atoms. The third-order valence-corrected chi connectivity index (χ3v) is 9.85. The minimum absolute atomic E-state index is 0.108. The zero-order valence-electron chi connectivity index (χ0n) is 38.7. The van der Waals surface area contributed by atoms with Crippen molar-refractivity contribution in [2.45, 2.75) is 213 Å². The van der Waals surface area contributed by atoms with Crippen LogP contribution in [0.15, 0.2) is 97.2 Å². The molecule has 0 bridgehead atoms. The lowest BCUT2D eigenvalue weighted by atomic mass is 10.1. The van der Waals surface area contributed by atoms with Gasteiger partial charge in [-0.25, -0.2) is 0 Å². The van der Waals surface area contributed by atoms with E-state index in [1.165, 1.54) is 70.6 Å². The van der Waals surface area contributed by atoms with Crippen LogP contribution in [-0.2, 0) is 28.6 Å². The molecule has 0 radical (unpaired) electrons. The van der Waals surface area contributed by atoms with Crippen molar-refractivity contribution in [3.8, 4) is 0 Å². The second kappa shape index (κ2) is 48.0. The number of carbonyl (C=O) groups excluding carboxylic acids is 3. The predicted molar refractivity (Wildman–Crippen MR) is 256 cm³/mol. The highest BCUT2D eigenvalue weighted by atomic mass is 16.6. The van der Waals surface area contributed by atoms with Gasteiger partial charge >= 0.3 is 17.9 Å². The summed E-state index contributed by atoms with van der Waals surface area (Å²) in [6, 6.07) is 0. The minimum atomic E-state index is -0.813. The Labute approximate surface area is 368 Å². The molecule has 0 aromatic carbocycles. The fourth-order valence-electron chi connectivity index (χ4n) is 6.27. The van der Waals surface area contributed by atoms with Gasteiger partial charge < -0.3 is 14.2 Å². The van der Waals surface area contributed by atoms with Crippen molar-refractivity contribution >= 4 is 17.9 Å². The van der Waals surface area contributed by atoms with E-state index in [4.69, 9.17) is 14.2 Å². The first-order valence-corrected chi connectivity index (χ1v) is 24.2. The molecule has 0 aromatic heterocycles. The smallest absolute Gasteiger partial charge is 0.306 e. The van der Waals surface area contributed by atoms with Crippen molar-refractivity contribution in [3.05, 3.63) is 97.2 Å². The van der Waals surface area contributed by atoms with E-state index >= 15 is 0 Å². The van der Waals surface area contributed by atoms with E-state index in [0.717, 1.165) is 89.9 Å². The van der Waals surface area contributed by atoms with E-state index in [1.807, 2.05) is 12.2 Å². The molecular weight excluding hydrogens is 745 g/mol. The minimum Gasteiger partial charge on any atom is -0.462 e. The normalized spacial score (nSPS) is 12.9. The molecule has 0 aliphatic carbocycles. The maximum absolute atomic E-state index is 12.7. The Bertz CT molecular complexity index is 1230. The summed E-state index contributed by atoms with van der Waals surface area (Å²) in [7, 11) is 0. The second-order valence-corrected chi connectivity index (χ2v) is 15.6. The SMILES string of the molecule is CC/C=C\C/C=C\C/C=C\C/C=C\CCCCCCCCCCCCC(=O)OCC(COC(=O)CCCCCCCC)OC(=O)CC/C=C\C/C=C\C/C=C\C/C=C\CC. The summed E-state index contributed by atoms with van der Waals surface area (Å²) in [6.07, 6.45) is 62.9. The topological polar surface area (TPSA) is 78.9 Å². The van der Waals surface area contributed by atoms with Crippen LogP contribution in [0.2, 0.25) is 0 Å². The highest BCUT2D eigenvalue weighted by Crippen LogP contribution is 2.13. The van der Waals surface area contributed by atoms with Crippen molar-refractivity contribution in [2.75, 3.05) is 13.2 Å². The van der Waals surface area contributed by atoms with Gasteiger partial charge in [-0.3, -0.25) is 14.4 Å². The number of unbranched alkanes of at least 4 members (excludes halogenated alkanes) is 15. The largest absolute Gasteiger partial charge is 0.462 e. The molecule has 1 atom stereocenters. The summed E-state index contributed by atoms with van der Waals surface area (Å²) in [5.41, 5.74) is 0. The van der Waals surface area contributed by atoms with Crippen LogP contribution in [0.4, 0.5) is 0 Å². The van der Waals surface area contributed by atoms with Gasteiger partial charge in [0.25, 0.3) is 0 Å². The summed E-state index contributed by atoms with van der Waals surface area (Å²) in [6.45, 7) is 6.26. The number of carbonyl (C=O) groups is 3. The summed E-state index contributed by atoms with van der Waals surface area (Å²) in [5.74, 6) is -1.01. The fraction of sp³-hybridized carbons (Fsp3) is 0.648. The monoisotopic (exact) mass is 833 g/mol. The first kappa shape index (κ1) is 56.3. The summed E-state index contributed by atoms with van der Waals surface area (Å²) < 4.78 is 16.6. The average molecular weight is 833 g/mol.